The van der Waals surface area contributed by atoms with Gasteiger partial charge in [-0.2, -0.15) is 5.10 Å². The van der Waals surface area contributed by atoms with Gasteiger partial charge in [0, 0.05) is 19.5 Å². The Morgan fingerprint density at radius 2 is 2.24 bits per heavy atom. The number of benzene rings is 1. The molecule has 0 amide bonds. The number of rotatable bonds is 5. The molecule has 112 valence electrons. The van der Waals surface area contributed by atoms with Gasteiger partial charge in [0.05, 0.1) is 18.0 Å². The monoisotopic (exact) mass is 285 g/mol. The summed E-state index contributed by atoms with van der Waals surface area (Å²) in [5, 5.41) is 7.85. The van der Waals surface area contributed by atoms with Crippen LogP contribution in [-0.4, -0.2) is 23.4 Å². The van der Waals surface area contributed by atoms with Crippen molar-refractivity contribution in [1.29, 1.82) is 0 Å². The van der Waals surface area contributed by atoms with Crippen molar-refractivity contribution in [2.75, 3.05) is 13.7 Å². The number of fused-ring (bicyclic) bond motifs is 1. The van der Waals surface area contributed by atoms with E-state index in [2.05, 4.69) is 34.7 Å². The average Bonchev–Trinajstić information content (AvgIpc) is 3.05. The Morgan fingerprint density at radius 3 is 2.95 bits per heavy atom. The third-order valence-corrected chi connectivity index (χ3v) is 4.22. The van der Waals surface area contributed by atoms with Crippen molar-refractivity contribution in [3.05, 3.63) is 46.8 Å². The number of hydrogen-bond acceptors (Lipinski definition) is 3. The number of aromatic nitrogens is 2. The smallest absolute Gasteiger partial charge is 0.122 e. The highest BCUT2D eigenvalue weighted by molar-refractivity contribution is 5.39. The SMILES string of the molecule is CNC(CCc1ccc2c(c1)CCO2)c1cc(C)nn1C. The zero-order chi connectivity index (χ0) is 14.8. The highest BCUT2D eigenvalue weighted by Gasteiger charge is 2.16. The predicted octanol–water partition coefficient (Wildman–Crippen LogP) is 2.56. The molecule has 21 heavy (non-hydrogen) atoms. The number of nitrogens with one attached hydrogen (secondary N) is 1. The zero-order valence-corrected chi connectivity index (χ0v) is 13.0. The summed E-state index contributed by atoms with van der Waals surface area (Å²) in [6, 6.07) is 9.09. The zero-order valence-electron chi connectivity index (χ0n) is 13.0. The molecule has 1 aromatic heterocycles. The van der Waals surface area contributed by atoms with Crippen molar-refractivity contribution in [3.8, 4) is 5.75 Å². The molecule has 0 radical (unpaired) electrons. The summed E-state index contributed by atoms with van der Waals surface area (Å²) >= 11 is 0. The first-order valence-electron chi connectivity index (χ1n) is 7.60. The Hall–Kier alpha value is -1.81. The van der Waals surface area contributed by atoms with E-state index in [1.807, 2.05) is 25.7 Å². The van der Waals surface area contributed by atoms with Crippen LogP contribution < -0.4 is 10.1 Å². The van der Waals surface area contributed by atoms with Crippen molar-refractivity contribution < 1.29 is 4.74 Å². The molecule has 2 heterocycles. The third kappa shape index (κ3) is 2.95. The van der Waals surface area contributed by atoms with Crippen molar-refractivity contribution in [3.63, 3.8) is 0 Å². The summed E-state index contributed by atoms with van der Waals surface area (Å²) in [5.41, 5.74) is 5.06. The van der Waals surface area contributed by atoms with Crippen LogP contribution in [0.25, 0.3) is 0 Å². The van der Waals surface area contributed by atoms with Crippen LogP contribution in [0.4, 0.5) is 0 Å². The molecule has 1 unspecified atom stereocenters. The van der Waals surface area contributed by atoms with Gasteiger partial charge in [-0.3, -0.25) is 4.68 Å². The number of nitrogens with zero attached hydrogens (tertiary/aromatic N) is 2. The van der Waals surface area contributed by atoms with Gasteiger partial charge in [0.2, 0.25) is 0 Å². The summed E-state index contributed by atoms with van der Waals surface area (Å²) < 4.78 is 7.54. The second-order valence-electron chi connectivity index (χ2n) is 5.75. The van der Waals surface area contributed by atoms with Crippen LogP contribution >= 0.6 is 0 Å². The van der Waals surface area contributed by atoms with E-state index in [0.29, 0.717) is 6.04 Å². The quantitative estimate of drug-likeness (QED) is 0.917. The Labute approximate surface area is 126 Å². The van der Waals surface area contributed by atoms with Gasteiger partial charge in [-0.15, -0.1) is 0 Å². The van der Waals surface area contributed by atoms with Gasteiger partial charge in [-0.05, 0) is 50.1 Å². The minimum atomic E-state index is 0.334. The minimum Gasteiger partial charge on any atom is -0.493 e. The van der Waals surface area contributed by atoms with E-state index in [-0.39, 0.29) is 0 Å². The predicted molar refractivity (Wildman–Crippen MR) is 83.7 cm³/mol. The lowest BCUT2D eigenvalue weighted by Gasteiger charge is -2.16. The van der Waals surface area contributed by atoms with Crippen LogP contribution in [0.5, 0.6) is 5.75 Å². The van der Waals surface area contributed by atoms with Gasteiger partial charge in [0.25, 0.3) is 0 Å². The molecule has 0 bridgehead atoms. The lowest BCUT2D eigenvalue weighted by Crippen LogP contribution is -2.20. The molecule has 4 heteroatoms. The van der Waals surface area contributed by atoms with Crippen LogP contribution in [-0.2, 0) is 19.9 Å². The van der Waals surface area contributed by atoms with Crippen molar-refractivity contribution >= 4 is 0 Å². The maximum atomic E-state index is 5.56. The molecule has 3 rings (SSSR count). The Morgan fingerprint density at radius 1 is 1.38 bits per heavy atom. The molecular formula is C17H23N3O. The number of ether oxygens (including phenoxy) is 1. The first-order valence-corrected chi connectivity index (χ1v) is 7.60. The van der Waals surface area contributed by atoms with E-state index < -0.39 is 0 Å². The molecule has 0 saturated carbocycles. The standard InChI is InChI=1S/C17H23N3O/c1-12-10-16(20(3)19-12)15(18-2)6-4-13-5-7-17-14(11-13)8-9-21-17/h5,7,10-11,15,18H,4,6,8-9H2,1-3H3. The third-order valence-electron chi connectivity index (χ3n) is 4.22. The van der Waals surface area contributed by atoms with Gasteiger partial charge in [0.1, 0.15) is 5.75 Å². The van der Waals surface area contributed by atoms with Crippen molar-refractivity contribution in [2.24, 2.45) is 7.05 Å². The second-order valence-corrected chi connectivity index (χ2v) is 5.75. The fraction of sp³-hybridized carbons (Fsp3) is 0.471. The number of aryl methyl sites for hydroxylation is 3. The lowest BCUT2D eigenvalue weighted by molar-refractivity contribution is 0.357. The van der Waals surface area contributed by atoms with E-state index in [9.17, 15) is 0 Å². The van der Waals surface area contributed by atoms with E-state index in [1.165, 1.54) is 16.8 Å². The van der Waals surface area contributed by atoms with Crippen molar-refractivity contribution in [1.82, 2.24) is 15.1 Å². The molecule has 1 aliphatic heterocycles. The second kappa shape index (κ2) is 5.90. The molecule has 0 aliphatic carbocycles. The average molecular weight is 285 g/mol. The molecule has 2 aromatic rings. The fourth-order valence-corrected chi connectivity index (χ4v) is 3.10. The summed E-state index contributed by atoms with van der Waals surface area (Å²) in [7, 11) is 4.03. The maximum Gasteiger partial charge on any atom is 0.122 e. The van der Waals surface area contributed by atoms with E-state index >= 15 is 0 Å². The molecule has 0 spiro atoms. The molecule has 4 nitrogen and oxygen atoms in total. The van der Waals surface area contributed by atoms with E-state index in [0.717, 1.165) is 37.3 Å². The van der Waals surface area contributed by atoms with Crippen LogP contribution in [0.2, 0.25) is 0 Å². The summed E-state index contributed by atoms with van der Waals surface area (Å²) in [6.07, 6.45) is 3.16. The van der Waals surface area contributed by atoms with Gasteiger partial charge in [0.15, 0.2) is 0 Å². The van der Waals surface area contributed by atoms with Crippen LogP contribution in [0.15, 0.2) is 24.3 Å². The maximum absolute atomic E-state index is 5.56. The summed E-state index contributed by atoms with van der Waals surface area (Å²) in [5.74, 6) is 1.06. The Kier molecular flexibility index (Phi) is 3.97. The Balaban J connectivity index is 1.69. The molecule has 1 aromatic carbocycles. The molecular weight excluding hydrogens is 262 g/mol. The summed E-state index contributed by atoms with van der Waals surface area (Å²) in [4.78, 5) is 0. The topological polar surface area (TPSA) is 39.1 Å². The fourth-order valence-electron chi connectivity index (χ4n) is 3.10. The normalized spacial score (nSPS) is 14.8. The molecule has 1 aliphatic rings. The van der Waals surface area contributed by atoms with Gasteiger partial charge in [-0.25, -0.2) is 0 Å². The first-order chi connectivity index (χ1) is 10.2. The minimum absolute atomic E-state index is 0.334. The summed E-state index contributed by atoms with van der Waals surface area (Å²) in [6.45, 7) is 2.86. The van der Waals surface area contributed by atoms with Gasteiger partial charge in [-0.1, -0.05) is 12.1 Å². The highest BCUT2D eigenvalue weighted by Crippen LogP contribution is 2.27. The molecule has 1 N–H and O–H groups in total. The van der Waals surface area contributed by atoms with Gasteiger partial charge < -0.3 is 10.1 Å². The Bertz CT molecular complexity index is 633. The van der Waals surface area contributed by atoms with E-state index in [1.54, 1.807) is 0 Å². The van der Waals surface area contributed by atoms with Crippen molar-refractivity contribution in [2.45, 2.75) is 32.2 Å². The molecule has 1 atom stereocenters. The molecule has 0 saturated heterocycles. The highest BCUT2D eigenvalue weighted by atomic mass is 16.5. The van der Waals surface area contributed by atoms with Gasteiger partial charge >= 0.3 is 0 Å². The number of hydrogen-bond donors (Lipinski definition) is 1. The first kappa shape index (κ1) is 14.1. The van der Waals surface area contributed by atoms with Crippen LogP contribution in [0.3, 0.4) is 0 Å². The van der Waals surface area contributed by atoms with E-state index in [4.69, 9.17) is 4.74 Å². The van der Waals surface area contributed by atoms with Crippen LogP contribution in [0.1, 0.15) is 35.0 Å². The lowest BCUT2D eigenvalue weighted by atomic mass is 10.0. The largest absolute Gasteiger partial charge is 0.493 e. The molecule has 0 fully saturated rings. The van der Waals surface area contributed by atoms with Crippen LogP contribution in [0, 0.1) is 6.92 Å².